The Kier molecular flexibility index (Phi) is 2.43. The summed E-state index contributed by atoms with van der Waals surface area (Å²) in [5, 5.41) is 2.50. The smallest absolute Gasteiger partial charge is 0.262 e. The molecule has 0 spiro atoms. The Morgan fingerprint density at radius 3 is 3.05 bits per heavy atom. The van der Waals surface area contributed by atoms with E-state index < -0.39 is 0 Å². The molecule has 3 heterocycles. The van der Waals surface area contributed by atoms with Crippen molar-refractivity contribution in [2.45, 2.75) is 6.54 Å². The Bertz CT molecular complexity index is 934. The van der Waals surface area contributed by atoms with Crippen molar-refractivity contribution in [3.63, 3.8) is 0 Å². The highest BCUT2D eigenvalue weighted by atomic mass is 32.1. The summed E-state index contributed by atoms with van der Waals surface area (Å²) in [4.78, 5) is 21.7. The lowest BCUT2D eigenvalue weighted by Gasteiger charge is -2.01. The van der Waals surface area contributed by atoms with Crippen LogP contribution in [0.2, 0.25) is 0 Å². The van der Waals surface area contributed by atoms with E-state index in [1.54, 1.807) is 6.07 Å². The summed E-state index contributed by atoms with van der Waals surface area (Å²) in [5.74, 6) is 0.504. The third-order valence-electron chi connectivity index (χ3n) is 3.09. The van der Waals surface area contributed by atoms with E-state index in [1.165, 1.54) is 22.2 Å². The Labute approximate surface area is 117 Å². The van der Waals surface area contributed by atoms with E-state index in [2.05, 4.69) is 9.97 Å². The van der Waals surface area contributed by atoms with Gasteiger partial charge >= 0.3 is 0 Å². The minimum absolute atomic E-state index is 0.0708. The SMILES string of the molecule is O=c1c2ccsc2ncn1Cc1nc2ccccc2o1. The molecule has 0 aliphatic rings. The fourth-order valence-electron chi connectivity index (χ4n) is 2.14. The van der Waals surface area contributed by atoms with Gasteiger partial charge in [0.05, 0.1) is 11.7 Å². The summed E-state index contributed by atoms with van der Waals surface area (Å²) in [6, 6.07) is 9.32. The number of aromatic nitrogens is 3. The van der Waals surface area contributed by atoms with Gasteiger partial charge in [0.1, 0.15) is 16.9 Å². The molecule has 3 aromatic heterocycles. The van der Waals surface area contributed by atoms with E-state index in [-0.39, 0.29) is 12.1 Å². The average molecular weight is 283 g/mol. The molecule has 0 amide bonds. The van der Waals surface area contributed by atoms with E-state index in [0.717, 1.165) is 15.9 Å². The van der Waals surface area contributed by atoms with Crippen LogP contribution >= 0.6 is 11.3 Å². The maximum atomic E-state index is 12.3. The standard InChI is InChI=1S/C14H9N3O2S/c18-14-9-5-6-20-13(9)15-8-17(14)7-12-16-10-3-1-2-4-11(10)19-12/h1-6,8H,7H2. The van der Waals surface area contributed by atoms with E-state index in [4.69, 9.17) is 4.42 Å². The normalized spacial score (nSPS) is 11.4. The largest absolute Gasteiger partial charge is 0.439 e. The Morgan fingerprint density at radius 1 is 1.25 bits per heavy atom. The van der Waals surface area contributed by atoms with Crippen LogP contribution in [0.4, 0.5) is 0 Å². The molecule has 0 saturated heterocycles. The molecule has 98 valence electrons. The lowest BCUT2D eigenvalue weighted by Crippen LogP contribution is -2.20. The molecule has 5 nitrogen and oxygen atoms in total. The summed E-state index contributed by atoms with van der Waals surface area (Å²) >= 11 is 1.46. The predicted molar refractivity (Wildman–Crippen MR) is 77.0 cm³/mol. The number of nitrogens with zero attached hydrogens (tertiary/aromatic N) is 3. The van der Waals surface area contributed by atoms with Gasteiger partial charge in [0.25, 0.3) is 5.56 Å². The molecule has 0 radical (unpaired) electrons. The minimum Gasteiger partial charge on any atom is -0.439 e. The third-order valence-corrected chi connectivity index (χ3v) is 3.91. The lowest BCUT2D eigenvalue weighted by molar-refractivity contribution is 0.503. The number of oxazole rings is 1. The van der Waals surface area contributed by atoms with E-state index in [0.29, 0.717) is 11.3 Å². The number of thiophene rings is 1. The topological polar surface area (TPSA) is 60.9 Å². The van der Waals surface area contributed by atoms with Crippen molar-refractivity contribution in [3.8, 4) is 0 Å². The summed E-state index contributed by atoms with van der Waals surface area (Å²) < 4.78 is 7.14. The number of hydrogen-bond donors (Lipinski definition) is 0. The summed E-state index contributed by atoms with van der Waals surface area (Å²) in [5.41, 5.74) is 1.44. The van der Waals surface area contributed by atoms with Gasteiger partial charge in [0.2, 0.25) is 5.89 Å². The summed E-state index contributed by atoms with van der Waals surface area (Å²) in [7, 11) is 0. The van der Waals surface area contributed by atoms with Gasteiger partial charge in [0.15, 0.2) is 5.58 Å². The highest BCUT2D eigenvalue weighted by Gasteiger charge is 2.09. The highest BCUT2D eigenvalue weighted by molar-refractivity contribution is 7.16. The second-order valence-corrected chi connectivity index (χ2v) is 5.29. The van der Waals surface area contributed by atoms with Crippen LogP contribution < -0.4 is 5.56 Å². The van der Waals surface area contributed by atoms with E-state index >= 15 is 0 Å². The first-order chi connectivity index (χ1) is 9.81. The van der Waals surface area contributed by atoms with Crippen LogP contribution in [0.25, 0.3) is 21.3 Å². The molecule has 4 aromatic rings. The maximum absolute atomic E-state index is 12.3. The molecule has 0 N–H and O–H groups in total. The molecular weight excluding hydrogens is 274 g/mol. The van der Waals surface area contributed by atoms with Gasteiger partial charge in [-0.2, -0.15) is 0 Å². The molecule has 0 aliphatic heterocycles. The zero-order chi connectivity index (χ0) is 13.5. The van der Waals surface area contributed by atoms with Gasteiger partial charge in [-0.05, 0) is 23.6 Å². The first-order valence-electron chi connectivity index (χ1n) is 6.08. The van der Waals surface area contributed by atoms with E-state index in [1.807, 2.05) is 29.6 Å². The van der Waals surface area contributed by atoms with Crippen molar-refractivity contribution >= 4 is 32.7 Å². The van der Waals surface area contributed by atoms with Gasteiger partial charge in [-0.25, -0.2) is 9.97 Å². The number of para-hydroxylation sites is 2. The van der Waals surface area contributed by atoms with Crippen LogP contribution in [-0.4, -0.2) is 14.5 Å². The van der Waals surface area contributed by atoms with E-state index in [9.17, 15) is 4.79 Å². The Hall–Kier alpha value is -2.47. The van der Waals surface area contributed by atoms with Gasteiger partial charge in [0, 0.05) is 0 Å². The molecule has 1 aromatic carbocycles. The van der Waals surface area contributed by atoms with Crippen LogP contribution in [-0.2, 0) is 6.54 Å². The quantitative estimate of drug-likeness (QED) is 0.567. The maximum Gasteiger partial charge on any atom is 0.262 e. The predicted octanol–water partition coefficient (Wildman–Crippen LogP) is 2.65. The van der Waals surface area contributed by atoms with Gasteiger partial charge in [-0.15, -0.1) is 11.3 Å². The first kappa shape index (κ1) is 11.4. The van der Waals surface area contributed by atoms with Crippen molar-refractivity contribution in [1.29, 1.82) is 0 Å². The molecular formula is C14H9N3O2S. The molecule has 0 unspecified atom stereocenters. The van der Waals surface area contributed by atoms with Crippen LogP contribution in [0.15, 0.2) is 51.3 Å². The van der Waals surface area contributed by atoms with Crippen LogP contribution in [0.1, 0.15) is 5.89 Å². The summed E-state index contributed by atoms with van der Waals surface area (Å²) in [6.07, 6.45) is 1.54. The molecule has 4 rings (SSSR count). The zero-order valence-corrected chi connectivity index (χ0v) is 11.1. The number of rotatable bonds is 2. The minimum atomic E-state index is -0.0708. The summed E-state index contributed by atoms with van der Waals surface area (Å²) in [6.45, 7) is 0.284. The van der Waals surface area contributed by atoms with Crippen molar-refractivity contribution in [1.82, 2.24) is 14.5 Å². The molecule has 0 atom stereocenters. The fraction of sp³-hybridized carbons (Fsp3) is 0.0714. The molecule has 0 bridgehead atoms. The molecule has 0 aliphatic carbocycles. The molecule has 20 heavy (non-hydrogen) atoms. The lowest BCUT2D eigenvalue weighted by atomic mass is 10.3. The molecule has 0 fully saturated rings. The zero-order valence-electron chi connectivity index (χ0n) is 10.3. The molecule has 0 saturated carbocycles. The second-order valence-electron chi connectivity index (χ2n) is 4.39. The Balaban J connectivity index is 1.80. The van der Waals surface area contributed by atoms with Crippen molar-refractivity contribution in [2.75, 3.05) is 0 Å². The third kappa shape index (κ3) is 1.73. The fourth-order valence-corrected chi connectivity index (χ4v) is 2.86. The van der Waals surface area contributed by atoms with Gasteiger partial charge < -0.3 is 4.42 Å². The monoisotopic (exact) mass is 283 g/mol. The van der Waals surface area contributed by atoms with Crippen LogP contribution in [0, 0.1) is 0 Å². The van der Waals surface area contributed by atoms with Crippen molar-refractivity contribution in [3.05, 3.63) is 58.3 Å². The number of benzene rings is 1. The van der Waals surface area contributed by atoms with Gasteiger partial charge in [-0.1, -0.05) is 12.1 Å². The highest BCUT2D eigenvalue weighted by Crippen LogP contribution is 2.16. The van der Waals surface area contributed by atoms with Crippen molar-refractivity contribution < 1.29 is 4.42 Å². The number of fused-ring (bicyclic) bond motifs is 2. The van der Waals surface area contributed by atoms with Crippen LogP contribution in [0.3, 0.4) is 0 Å². The number of hydrogen-bond acceptors (Lipinski definition) is 5. The molecule has 6 heteroatoms. The van der Waals surface area contributed by atoms with Gasteiger partial charge in [-0.3, -0.25) is 9.36 Å². The average Bonchev–Trinajstić information content (AvgIpc) is 3.08. The second kappa shape index (κ2) is 4.28. The first-order valence-corrected chi connectivity index (χ1v) is 6.96. The Morgan fingerprint density at radius 2 is 2.15 bits per heavy atom. The van der Waals surface area contributed by atoms with Crippen LogP contribution in [0.5, 0.6) is 0 Å². The van der Waals surface area contributed by atoms with Crippen molar-refractivity contribution in [2.24, 2.45) is 0 Å².